The van der Waals surface area contributed by atoms with Gasteiger partial charge in [-0.05, 0) is 12.8 Å². The van der Waals surface area contributed by atoms with Gasteiger partial charge in [0, 0.05) is 0 Å². The van der Waals surface area contributed by atoms with Crippen molar-refractivity contribution in [1.82, 2.24) is 19.9 Å². The molecule has 2 aromatic heterocycles. The van der Waals surface area contributed by atoms with E-state index in [9.17, 15) is 0 Å². The average Bonchev–Trinajstić information content (AvgIpc) is 2.26. The Kier molecular flexibility index (Phi) is 2.80. The second-order valence-electron chi connectivity index (χ2n) is 3.60. The predicted octanol–water partition coefficient (Wildman–Crippen LogP) is 0.927. The molecule has 2 rings (SSSR count). The molecule has 0 bridgehead atoms. The number of anilines is 2. The molecule has 0 atom stereocenters. The molecular formula is C10H14N6. The molecule has 0 saturated carbocycles. The summed E-state index contributed by atoms with van der Waals surface area (Å²) < 4.78 is 0. The van der Waals surface area contributed by atoms with Crippen molar-refractivity contribution in [2.75, 3.05) is 11.5 Å². The Hall–Kier alpha value is -1.98. The van der Waals surface area contributed by atoms with E-state index >= 15 is 0 Å². The number of rotatable bonds is 3. The van der Waals surface area contributed by atoms with E-state index in [4.69, 9.17) is 11.5 Å². The smallest absolute Gasteiger partial charge is 0.224 e. The lowest BCUT2D eigenvalue weighted by Gasteiger charge is -2.03. The van der Waals surface area contributed by atoms with Crippen LogP contribution in [0.4, 0.5) is 11.8 Å². The summed E-state index contributed by atoms with van der Waals surface area (Å²) in [5.41, 5.74) is 13.1. The lowest BCUT2D eigenvalue weighted by molar-refractivity contribution is 0.776. The van der Waals surface area contributed by atoms with Crippen LogP contribution in [0.15, 0.2) is 6.20 Å². The number of fused-ring (bicyclic) bond motifs is 1. The number of nitrogens with two attached hydrogens (primary N) is 2. The van der Waals surface area contributed by atoms with Gasteiger partial charge in [0.15, 0.2) is 17.0 Å². The van der Waals surface area contributed by atoms with Gasteiger partial charge in [-0.2, -0.15) is 9.97 Å². The molecule has 0 radical (unpaired) electrons. The molecule has 2 aromatic rings. The van der Waals surface area contributed by atoms with E-state index in [2.05, 4.69) is 26.9 Å². The number of unbranched alkanes of at least 4 members (excludes halogenated alkanes) is 1. The van der Waals surface area contributed by atoms with E-state index < -0.39 is 0 Å². The molecule has 0 aromatic carbocycles. The highest BCUT2D eigenvalue weighted by atomic mass is 15.1. The van der Waals surface area contributed by atoms with Crippen LogP contribution in [-0.2, 0) is 6.42 Å². The maximum atomic E-state index is 5.72. The maximum Gasteiger partial charge on any atom is 0.224 e. The van der Waals surface area contributed by atoms with Gasteiger partial charge in [-0.25, -0.2) is 9.97 Å². The van der Waals surface area contributed by atoms with Crippen molar-refractivity contribution in [1.29, 1.82) is 0 Å². The zero-order chi connectivity index (χ0) is 11.5. The highest BCUT2D eigenvalue weighted by Gasteiger charge is 2.06. The van der Waals surface area contributed by atoms with Crippen LogP contribution in [-0.4, -0.2) is 19.9 Å². The van der Waals surface area contributed by atoms with Gasteiger partial charge < -0.3 is 11.5 Å². The van der Waals surface area contributed by atoms with Crippen molar-refractivity contribution >= 4 is 22.9 Å². The van der Waals surface area contributed by atoms with Crippen molar-refractivity contribution in [3.63, 3.8) is 0 Å². The summed E-state index contributed by atoms with van der Waals surface area (Å²) in [5.74, 6) is 0.411. The number of nitrogens with zero attached hydrogens (tertiary/aromatic N) is 4. The molecule has 6 nitrogen and oxygen atoms in total. The van der Waals surface area contributed by atoms with Gasteiger partial charge in [0.1, 0.15) is 0 Å². The van der Waals surface area contributed by atoms with Gasteiger partial charge in [0.05, 0.1) is 11.9 Å². The quantitative estimate of drug-likeness (QED) is 0.794. The third-order valence-corrected chi connectivity index (χ3v) is 2.29. The first-order valence-electron chi connectivity index (χ1n) is 5.25. The third kappa shape index (κ3) is 2.00. The van der Waals surface area contributed by atoms with Crippen molar-refractivity contribution in [3.05, 3.63) is 11.9 Å². The van der Waals surface area contributed by atoms with Gasteiger partial charge >= 0.3 is 0 Å². The zero-order valence-corrected chi connectivity index (χ0v) is 9.14. The summed E-state index contributed by atoms with van der Waals surface area (Å²) in [5, 5.41) is 0. The number of aromatic nitrogens is 4. The van der Waals surface area contributed by atoms with Crippen molar-refractivity contribution in [3.8, 4) is 0 Å². The molecule has 16 heavy (non-hydrogen) atoms. The normalized spacial score (nSPS) is 10.8. The first-order valence-corrected chi connectivity index (χ1v) is 5.25. The molecular weight excluding hydrogens is 204 g/mol. The summed E-state index contributed by atoms with van der Waals surface area (Å²) in [6, 6.07) is 0. The molecule has 2 heterocycles. The Labute approximate surface area is 93.1 Å². The van der Waals surface area contributed by atoms with E-state index in [0.29, 0.717) is 11.2 Å². The molecule has 0 aliphatic rings. The highest BCUT2D eigenvalue weighted by molar-refractivity contribution is 5.81. The number of nitrogen functional groups attached to an aromatic ring is 2. The average molecular weight is 218 g/mol. The number of hydrogen-bond acceptors (Lipinski definition) is 6. The molecule has 0 saturated heterocycles. The highest BCUT2D eigenvalue weighted by Crippen LogP contribution is 2.15. The first-order chi connectivity index (χ1) is 7.70. The second-order valence-corrected chi connectivity index (χ2v) is 3.60. The summed E-state index contributed by atoms with van der Waals surface area (Å²) >= 11 is 0. The van der Waals surface area contributed by atoms with E-state index in [0.717, 1.165) is 25.0 Å². The number of aryl methyl sites for hydroxylation is 1. The minimum Gasteiger partial charge on any atom is -0.382 e. The van der Waals surface area contributed by atoms with Crippen LogP contribution >= 0.6 is 0 Å². The van der Waals surface area contributed by atoms with Crippen molar-refractivity contribution in [2.24, 2.45) is 0 Å². The molecule has 0 unspecified atom stereocenters. The van der Waals surface area contributed by atoms with Gasteiger partial charge in [-0.15, -0.1) is 0 Å². The van der Waals surface area contributed by atoms with Gasteiger partial charge in [-0.1, -0.05) is 13.3 Å². The standard InChI is InChI=1S/C10H14N6/c1-2-3-4-6-5-13-9-7(14-6)8(11)15-10(12)16-9/h5H,2-4H2,1H3,(H4,11,12,13,15,16). The van der Waals surface area contributed by atoms with Crippen LogP contribution in [0.25, 0.3) is 11.2 Å². The Morgan fingerprint density at radius 1 is 1.19 bits per heavy atom. The SMILES string of the molecule is CCCCc1cnc2nc(N)nc(N)c2n1. The van der Waals surface area contributed by atoms with Crippen LogP contribution in [0, 0.1) is 0 Å². The molecule has 84 valence electrons. The van der Waals surface area contributed by atoms with Crippen LogP contribution in [0.5, 0.6) is 0 Å². The molecule has 0 spiro atoms. The lowest BCUT2D eigenvalue weighted by Crippen LogP contribution is -2.04. The molecule has 0 amide bonds. The summed E-state index contributed by atoms with van der Waals surface area (Å²) in [7, 11) is 0. The topological polar surface area (TPSA) is 104 Å². The Balaban J connectivity index is 2.45. The number of hydrogen-bond donors (Lipinski definition) is 2. The van der Waals surface area contributed by atoms with Gasteiger partial charge in [-0.3, -0.25) is 0 Å². The van der Waals surface area contributed by atoms with E-state index in [1.807, 2.05) is 0 Å². The largest absolute Gasteiger partial charge is 0.382 e. The van der Waals surface area contributed by atoms with Crippen LogP contribution in [0.1, 0.15) is 25.5 Å². The summed E-state index contributed by atoms with van der Waals surface area (Å²) in [4.78, 5) is 16.4. The monoisotopic (exact) mass is 218 g/mol. The lowest BCUT2D eigenvalue weighted by atomic mass is 10.2. The minimum absolute atomic E-state index is 0.126. The molecule has 0 aliphatic carbocycles. The summed E-state index contributed by atoms with van der Waals surface area (Å²) in [6.45, 7) is 2.13. The van der Waals surface area contributed by atoms with Crippen LogP contribution < -0.4 is 11.5 Å². The first kappa shape index (κ1) is 10.5. The molecule has 0 fully saturated rings. The van der Waals surface area contributed by atoms with E-state index in [1.165, 1.54) is 0 Å². The predicted molar refractivity (Wildman–Crippen MR) is 62.6 cm³/mol. The summed E-state index contributed by atoms with van der Waals surface area (Å²) in [6.07, 6.45) is 4.80. The molecule has 4 N–H and O–H groups in total. The maximum absolute atomic E-state index is 5.72. The minimum atomic E-state index is 0.126. The van der Waals surface area contributed by atoms with Crippen LogP contribution in [0.3, 0.4) is 0 Å². The molecule has 0 aliphatic heterocycles. The van der Waals surface area contributed by atoms with Crippen molar-refractivity contribution < 1.29 is 0 Å². The van der Waals surface area contributed by atoms with Gasteiger partial charge in [0.25, 0.3) is 0 Å². The Bertz CT molecular complexity index is 510. The van der Waals surface area contributed by atoms with E-state index in [-0.39, 0.29) is 11.8 Å². The second kappa shape index (κ2) is 4.26. The third-order valence-electron chi connectivity index (χ3n) is 2.29. The van der Waals surface area contributed by atoms with Crippen LogP contribution in [0.2, 0.25) is 0 Å². The van der Waals surface area contributed by atoms with Crippen molar-refractivity contribution in [2.45, 2.75) is 26.2 Å². The fourth-order valence-electron chi connectivity index (χ4n) is 1.46. The van der Waals surface area contributed by atoms with E-state index in [1.54, 1.807) is 6.20 Å². The Morgan fingerprint density at radius 3 is 2.75 bits per heavy atom. The molecule has 6 heteroatoms. The zero-order valence-electron chi connectivity index (χ0n) is 9.14. The Morgan fingerprint density at radius 2 is 2.00 bits per heavy atom. The van der Waals surface area contributed by atoms with Gasteiger partial charge in [0.2, 0.25) is 5.95 Å². The fraction of sp³-hybridized carbons (Fsp3) is 0.400. The fourth-order valence-corrected chi connectivity index (χ4v) is 1.46.